The molecular formula is C28H27N3O5. The van der Waals surface area contributed by atoms with Crippen molar-refractivity contribution in [2.24, 2.45) is 0 Å². The Bertz CT molecular complexity index is 1510. The van der Waals surface area contributed by atoms with Crippen LogP contribution in [-0.4, -0.2) is 28.4 Å². The highest BCUT2D eigenvalue weighted by Crippen LogP contribution is 2.21. The first-order chi connectivity index (χ1) is 17.5. The molecule has 3 aromatic carbocycles. The summed E-state index contributed by atoms with van der Waals surface area (Å²) in [4.78, 5) is 50.1. The molecule has 8 nitrogen and oxygen atoms in total. The zero-order valence-corrected chi connectivity index (χ0v) is 20.0. The average molecular weight is 486 g/mol. The molecule has 0 bridgehead atoms. The van der Waals surface area contributed by atoms with Crippen LogP contribution in [0.1, 0.15) is 35.2 Å². The number of methoxy groups -OCH3 is 1. The Balaban J connectivity index is 1.57. The van der Waals surface area contributed by atoms with E-state index in [9.17, 15) is 19.2 Å². The van der Waals surface area contributed by atoms with Crippen LogP contribution in [-0.2, 0) is 17.9 Å². The molecule has 36 heavy (non-hydrogen) atoms. The van der Waals surface area contributed by atoms with Crippen LogP contribution >= 0.6 is 0 Å². The molecule has 8 heteroatoms. The molecule has 0 saturated heterocycles. The van der Waals surface area contributed by atoms with Crippen LogP contribution in [0.15, 0.2) is 82.4 Å². The summed E-state index contributed by atoms with van der Waals surface area (Å²) in [6.07, 6.45) is 2.02. The number of benzene rings is 3. The number of aldehydes is 1. The second kappa shape index (κ2) is 11.3. The van der Waals surface area contributed by atoms with Gasteiger partial charge in [-0.15, -0.1) is 0 Å². The maximum atomic E-state index is 13.5. The lowest BCUT2D eigenvalue weighted by molar-refractivity contribution is -0.116. The number of para-hydroxylation sites is 2. The van der Waals surface area contributed by atoms with Crippen LogP contribution in [0.2, 0.25) is 0 Å². The van der Waals surface area contributed by atoms with E-state index >= 15 is 0 Å². The largest absolute Gasteiger partial charge is 0.496 e. The number of hydrogen-bond donors (Lipinski definition) is 1. The van der Waals surface area contributed by atoms with E-state index in [-0.39, 0.29) is 31.0 Å². The Labute approximate surface area is 207 Å². The summed E-state index contributed by atoms with van der Waals surface area (Å²) >= 11 is 0. The number of rotatable bonds is 10. The van der Waals surface area contributed by atoms with E-state index in [1.54, 1.807) is 42.5 Å². The van der Waals surface area contributed by atoms with Gasteiger partial charge in [-0.3, -0.25) is 23.5 Å². The van der Waals surface area contributed by atoms with Crippen molar-refractivity contribution in [2.45, 2.75) is 32.4 Å². The summed E-state index contributed by atoms with van der Waals surface area (Å²) in [7, 11) is 1.52. The fourth-order valence-electron chi connectivity index (χ4n) is 4.19. The van der Waals surface area contributed by atoms with Crippen molar-refractivity contribution in [3.8, 4) is 5.75 Å². The Kier molecular flexibility index (Phi) is 7.75. The van der Waals surface area contributed by atoms with Crippen LogP contribution in [0.3, 0.4) is 0 Å². The first-order valence-corrected chi connectivity index (χ1v) is 11.7. The molecule has 1 N–H and O–H groups in total. The van der Waals surface area contributed by atoms with Crippen LogP contribution < -0.4 is 21.3 Å². The van der Waals surface area contributed by atoms with Gasteiger partial charge >= 0.3 is 5.69 Å². The molecule has 0 saturated carbocycles. The second-order valence-corrected chi connectivity index (χ2v) is 8.40. The van der Waals surface area contributed by atoms with Crippen molar-refractivity contribution < 1.29 is 14.3 Å². The highest BCUT2D eigenvalue weighted by Gasteiger charge is 2.15. The van der Waals surface area contributed by atoms with E-state index in [0.717, 1.165) is 12.0 Å². The number of carbonyl (C=O) groups is 2. The number of nitrogens with zero attached hydrogens (tertiary/aromatic N) is 2. The second-order valence-electron chi connectivity index (χ2n) is 8.40. The molecule has 0 unspecified atom stereocenters. The number of unbranched alkanes of at least 4 members (excludes halogenated alkanes) is 1. The molecule has 4 rings (SSSR count). The fraction of sp³-hybridized carbons (Fsp3) is 0.214. The number of carbonyl (C=O) groups excluding carboxylic acids is 2. The molecule has 184 valence electrons. The lowest BCUT2D eigenvalue weighted by Gasteiger charge is -2.16. The van der Waals surface area contributed by atoms with E-state index in [0.29, 0.717) is 40.6 Å². The number of fused-ring (bicyclic) bond motifs is 1. The molecule has 0 aliphatic heterocycles. The minimum atomic E-state index is -0.453. The highest BCUT2D eigenvalue weighted by atomic mass is 16.5. The Morgan fingerprint density at radius 3 is 2.44 bits per heavy atom. The highest BCUT2D eigenvalue weighted by molar-refractivity contribution is 5.90. The quantitative estimate of drug-likeness (QED) is 0.272. The third-order valence-corrected chi connectivity index (χ3v) is 5.99. The molecule has 1 amide bonds. The molecule has 4 aromatic rings. The van der Waals surface area contributed by atoms with Crippen molar-refractivity contribution in [3.05, 3.63) is 105 Å². The average Bonchev–Trinajstić information content (AvgIpc) is 2.91. The Morgan fingerprint density at radius 2 is 1.69 bits per heavy atom. The summed E-state index contributed by atoms with van der Waals surface area (Å²) in [6.45, 7) is 0.316. The van der Waals surface area contributed by atoms with Gasteiger partial charge in [0.25, 0.3) is 5.56 Å². The van der Waals surface area contributed by atoms with Gasteiger partial charge in [0.2, 0.25) is 5.91 Å². The molecule has 0 spiro atoms. The van der Waals surface area contributed by atoms with E-state index < -0.39 is 5.69 Å². The first kappa shape index (κ1) is 24.7. The predicted octanol–water partition coefficient (Wildman–Crippen LogP) is 3.84. The van der Waals surface area contributed by atoms with E-state index in [1.807, 2.05) is 30.3 Å². The lowest BCUT2D eigenvalue weighted by Crippen LogP contribution is -2.40. The predicted molar refractivity (Wildman–Crippen MR) is 139 cm³/mol. The van der Waals surface area contributed by atoms with E-state index in [2.05, 4.69) is 5.32 Å². The molecule has 0 aliphatic carbocycles. The Hall–Kier alpha value is -4.46. The normalized spacial score (nSPS) is 10.8. The Morgan fingerprint density at radius 1 is 0.944 bits per heavy atom. The molecule has 0 radical (unpaired) electrons. The topological polar surface area (TPSA) is 99.4 Å². The number of amides is 1. The number of anilines is 1. The number of ether oxygens (including phenoxy) is 1. The van der Waals surface area contributed by atoms with Crippen LogP contribution in [0.5, 0.6) is 5.75 Å². The number of aromatic nitrogens is 2. The van der Waals surface area contributed by atoms with E-state index in [1.165, 1.54) is 16.2 Å². The van der Waals surface area contributed by atoms with Crippen molar-refractivity contribution in [2.75, 3.05) is 12.4 Å². The van der Waals surface area contributed by atoms with Gasteiger partial charge in [-0.1, -0.05) is 30.3 Å². The van der Waals surface area contributed by atoms with Crippen LogP contribution in [0.25, 0.3) is 10.9 Å². The van der Waals surface area contributed by atoms with Crippen molar-refractivity contribution in [1.29, 1.82) is 0 Å². The van der Waals surface area contributed by atoms with Gasteiger partial charge in [0.1, 0.15) is 12.0 Å². The molecule has 1 aromatic heterocycles. The summed E-state index contributed by atoms with van der Waals surface area (Å²) in [5, 5.41) is 3.25. The zero-order valence-electron chi connectivity index (χ0n) is 20.0. The van der Waals surface area contributed by atoms with Gasteiger partial charge in [0.15, 0.2) is 0 Å². The minimum absolute atomic E-state index is 0.119. The summed E-state index contributed by atoms with van der Waals surface area (Å²) in [5.74, 6) is 0.422. The van der Waals surface area contributed by atoms with Crippen molar-refractivity contribution >= 4 is 28.8 Å². The summed E-state index contributed by atoms with van der Waals surface area (Å²) in [6, 6.07) is 21.1. The number of nitrogens with one attached hydrogen (secondary N) is 1. The smallest absolute Gasteiger partial charge is 0.331 e. The fourth-order valence-corrected chi connectivity index (χ4v) is 4.19. The zero-order chi connectivity index (χ0) is 25.5. The third kappa shape index (κ3) is 5.43. The molecule has 0 atom stereocenters. The molecular weight excluding hydrogens is 458 g/mol. The summed E-state index contributed by atoms with van der Waals surface area (Å²) in [5.41, 5.74) is 1.53. The van der Waals surface area contributed by atoms with Gasteiger partial charge in [0.05, 0.1) is 24.6 Å². The van der Waals surface area contributed by atoms with Gasteiger partial charge in [-0.25, -0.2) is 4.79 Å². The number of hydrogen-bond acceptors (Lipinski definition) is 5. The molecule has 0 fully saturated rings. The maximum Gasteiger partial charge on any atom is 0.331 e. The van der Waals surface area contributed by atoms with Crippen molar-refractivity contribution in [1.82, 2.24) is 9.13 Å². The standard InChI is InChI=1S/C28H27N3O5/c1-36-25-15-14-20(19-32)17-21(25)18-31-24-12-6-5-11-23(24)27(34)30(28(31)35)16-8-7-13-26(33)29-22-9-3-2-4-10-22/h2-6,9-12,14-15,17,19H,7-8,13,16,18H2,1H3,(H,29,33). The minimum Gasteiger partial charge on any atom is -0.496 e. The maximum absolute atomic E-state index is 13.5. The SMILES string of the molecule is COc1ccc(C=O)cc1Cn1c(=O)n(CCCCC(=O)Nc2ccccc2)c(=O)c2ccccc21. The van der Waals surface area contributed by atoms with Gasteiger partial charge < -0.3 is 10.1 Å². The third-order valence-electron chi connectivity index (χ3n) is 5.99. The first-order valence-electron chi connectivity index (χ1n) is 11.7. The molecule has 0 aliphatic rings. The van der Waals surface area contributed by atoms with E-state index in [4.69, 9.17) is 4.74 Å². The molecule has 1 heterocycles. The van der Waals surface area contributed by atoms with Crippen LogP contribution in [0.4, 0.5) is 5.69 Å². The monoisotopic (exact) mass is 485 g/mol. The van der Waals surface area contributed by atoms with Gasteiger partial charge in [-0.2, -0.15) is 0 Å². The lowest BCUT2D eigenvalue weighted by atomic mass is 10.1. The van der Waals surface area contributed by atoms with Gasteiger partial charge in [-0.05, 0) is 55.3 Å². The van der Waals surface area contributed by atoms with Crippen LogP contribution in [0, 0.1) is 0 Å². The van der Waals surface area contributed by atoms with Crippen molar-refractivity contribution in [3.63, 3.8) is 0 Å². The van der Waals surface area contributed by atoms with Gasteiger partial charge in [0, 0.05) is 29.8 Å². The summed E-state index contributed by atoms with van der Waals surface area (Å²) < 4.78 is 8.16.